The number of hydrogen-bond donors (Lipinski definition) is 2. The van der Waals surface area contributed by atoms with E-state index in [1.165, 1.54) is 0 Å². The molecule has 0 aromatic heterocycles. The Morgan fingerprint density at radius 3 is 2.67 bits per heavy atom. The summed E-state index contributed by atoms with van der Waals surface area (Å²) in [5.41, 5.74) is 0. The zero-order chi connectivity index (χ0) is 11.5. The van der Waals surface area contributed by atoms with Crippen LogP contribution in [0.25, 0.3) is 0 Å². The van der Waals surface area contributed by atoms with Crippen LogP contribution in [0.5, 0.6) is 0 Å². The van der Waals surface area contributed by atoms with Gasteiger partial charge in [0.1, 0.15) is 6.61 Å². The van der Waals surface area contributed by atoms with Gasteiger partial charge >= 0.3 is 0 Å². The number of carbonyl (C=O) groups excluding carboxylic acids is 1. The molecule has 4 nitrogen and oxygen atoms in total. The molecule has 0 aliphatic carbocycles. The Kier molecular flexibility index (Phi) is 9.52. The van der Waals surface area contributed by atoms with E-state index < -0.39 is 0 Å². The van der Waals surface area contributed by atoms with E-state index in [2.05, 4.69) is 24.5 Å². The Labute approximate surface area is 92.8 Å². The smallest absolute Gasteiger partial charge is 0.245 e. The average molecular weight is 216 g/mol. The molecule has 0 aliphatic rings. The van der Waals surface area contributed by atoms with Crippen molar-refractivity contribution in [2.45, 2.75) is 27.2 Å². The second-order valence-corrected chi connectivity index (χ2v) is 4.00. The Bertz CT molecular complexity index is 161. The van der Waals surface area contributed by atoms with Crippen molar-refractivity contribution in [3.63, 3.8) is 0 Å². The van der Waals surface area contributed by atoms with E-state index >= 15 is 0 Å². The van der Waals surface area contributed by atoms with Crippen LogP contribution in [0.15, 0.2) is 0 Å². The lowest BCUT2D eigenvalue weighted by Crippen LogP contribution is -2.30. The van der Waals surface area contributed by atoms with Gasteiger partial charge in [-0.15, -0.1) is 0 Å². The van der Waals surface area contributed by atoms with Gasteiger partial charge in [-0.05, 0) is 18.9 Å². The lowest BCUT2D eigenvalue weighted by atomic mass is 10.2. The summed E-state index contributed by atoms with van der Waals surface area (Å²) in [6.07, 6.45) is 0.960. The van der Waals surface area contributed by atoms with Crippen molar-refractivity contribution in [1.29, 1.82) is 0 Å². The van der Waals surface area contributed by atoms with Crippen molar-refractivity contribution < 1.29 is 9.53 Å². The average Bonchev–Trinajstić information content (AvgIpc) is 2.19. The molecule has 15 heavy (non-hydrogen) atoms. The molecule has 4 heteroatoms. The quantitative estimate of drug-likeness (QED) is 0.560. The van der Waals surface area contributed by atoms with Crippen LogP contribution in [-0.2, 0) is 9.53 Å². The third kappa shape index (κ3) is 11.3. The number of carbonyl (C=O) groups is 1. The van der Waals surface area contributed by atoms with Crippen molar-refractivity contribution in [3.05, 3.63) is 0 Å². The molecule has 0 atom stereocenters. The Balaban J connectivity index is 3.13. The Hall–Kier alpha value is -0.610. The number of ether oxygens (including phenoxy) is 1. The summed E-state index contributed by atoms with van der Waals surface area (Å²) in [5.74, 6) is 0.624. The van der Waals surface area contributed by atoms with Crippen LogP contribution < -0.4 is 10.6 Å². The second kappa shape index (κ2) is 9.93. The molecule has 90 valence electrons. The summed E-state index contributed by atoms with van der Waals surface area (Å²) in [6, 6.07) is 0. The highest BCUT2D eigenvalue weighted by Gasteiger charge is 1.99. The molecular weight excluding hydrogens is 192 g/mol. The van der Waals surface area contributed by atoms with Crippen LogP contribution >= 0.6 is 0 Å². The molecule has 0 spiro atoms. The minimum Gasteiger partial charge on any atom is -0.370 e. The van der Waals surface area contributed by atoms with Crippen LogP contribution in [0.1, 0.15) is 27.2 Å². The van der Waals surface area contributed by atoms with Crippen molar-refractivity contribution in [1.82, 2.24) is 10.6 Å². The van der Waals surface area contributed by atoms with Gasteiger partial charge in [-0.3, -0.25) is 4.79 Å². The largest absolute Gasteiger partial charge is 0.370 e. The number of amides is 1. The fraction of sp³-hybridized carbons (Fsp3) is 0.909. The molecule has 1 amide bonds. The lowest BCUT2D eigenvalue weighted by molar-refractivity contribution is -0.125. The van der Waals surface area contributed by atoms with Gasteiger partial charge in [0.25, 0.3) is 0 Å². The molecular formula is C11H24N2O2. The molecule has 0 unspecified atom stereocenters. The van der Waals surface area contributed by atoms with Crippen molar-refractivity contribution in [2.75, 3.05) is 32.8 Å². The van der Waals surface area contributed by atoms with E-state index in [4.69, 9.17) is 4.74 Å². The second-order valence-electron chi connectivity index (χ2n) is 4.00. The van der Waals surface area contributed by atoms with Gasteiger partial charge in [-0.25, -0.2) is 0 Å². The van der Waals surface area contributed by atoms with Gasteiger partial charge in [-0.2, -0.15) is 0 Å². The maximum absolute atomic E-state index is 11.1. The van der Waals surface area contributed by atoms with Gasteiger partial charge in [-0.1, -0.05) is 20.8 Å². The number of rotatable bonds is 9. The summed E-state index contributed by atoms with van der Waals surface area (Å²) in [5, 5.41) is 6.00. The molecule has 0 fully saturated rings. The predicted molar refractivity (Wildman–Crippen MR) is 61.8 cm³/mol. The van der Waals surface area contributed by atoms with Crippen molar-refractivity contribution in [2.24, 2.45) is 5.92 Å². The summed E-state index contributed by atoms with van der Waals surface area (Å²) < 4.78 is 5.20. The van der Waals surface area contributed by atoms with Gasteiger partial charge in [0.2, 0.25) is 5.91 Å². The zero-order valence-corrected chi connectivity index (χ0v) is 10.1. The van der Waals surface area contributed by atoms with Crippen LogP contribution in [0.4, 0.5) is 0 Å². The standard InChI is InChI=1S/C11H24N2O2/c1-4-5-13-11(14)9-15-7-6-12-8-10(2)3/h10,12H,4-9H2,1-3H3,(H,13,14). The molecule has 0 heterocycles. The molecule has 0 bridgehead atoms. The van der Waals surface area contributed by atoms with E-state index in [1.54, 1.807) is 0 Å². The van der Waals surface area contributed by atoms with Crippen LogP contribution in [0.3, 0.4) is 0 Å². The fourth-order valence-corrected chi connectivity index (χ4v) is 1.02. The molecule has 0 saturated carbocycles. The molecule has 0 aromatic carbocycles. The topological polar surface area (TPSA) is 50.4 Å². The third-order valence-corrected chi connectivity index (χ3v) is 1.78. The van der Waals surface area contributed by atoms with Crippen molar-refractivity contribution in [3.8, 4) is 0 Å². The van der Waals surface area contributed by atoms with Gasteiger partial charge in [0.05, 0.1) is 6.61 Å². The van der Waals surface area contributed by atoms with E-state index in [-0.39, 0.29) is 12.5 Å². The maximum Gasteiger partial charge on any atom is 0.245 e. The summed E-state index contributed by atoms with van der Waals surface area (Å²) in [4.78, 5) is 11.1. The summed E-state index contributed by atoms with van der Waals surface area (Å²) >= 11 is 0. The highest BCUT2D eigenvalue weighted by Crippen LogP contribution is 1.86. The van der Waals surface area contributed by atoms with Crippen LogP contribution in [0.2, 0.25) is 0 Å². The highest BCUT2D eigenvalue weighted by atomic mass is 16.5. The van der Waals surface area contributed by atoms with E-state index in [0.717, 1.165) is 26.1 Å². The highest BCUT2D eigenvalue weighted by molar-refractivity contribution is 5.77. The van der Waals surface area contributed by atoms with Gasteiger partial charge < -0.3 is 15.4 Å². The van der Waals surface area contributed by atoms with E-state index in [0.29, 0.717) is 12.5 Å². The summed E-state index contributed by atoms with van der Waals surface area (Å²) in [6.45, 7) is 9.63. The molecule has 0 radical (unpaired) electrons. The molecule has 0 saturated heterocycles. The van der Waals surface area contributed by atoms with E-state index in [9.17, 15) is 4.79 Å². The minimum absolute atomic E-state index is 0.0271. The fourth-order valence-electron chi connectivity index (χ4n) is 1.02. The third-order valence-electron chi connectivity index (χ3n) is 1.78. The number of hydrogen-bond acceptors (Lipinski definition) is 3. The molecule has 0 aromatic rings. The first kappa shape index (κ1) is 14.4. The van der Waals surface area contributed by atoms with Gasteiger partial charge in [0, 0.05) is 13.1 Å². The normalized spacial score (nSPS) is 10.7. The molecule has 2 N–H and O–H groups in total. The number of nitrogens with one attached hydrogen (secondary N) is 2. The SMILES string of the molecule is CCCNC(=O)COCCNCC(C)C. The molecule has 0 aliphatic heterocycles. The lowest BCUT2D eigenvalue weighted by Gasteiger charge is -2.08. The van der Waals surface area contributed by atoms with Crippen LogP contribution in [-0.4, -0.2) is 38.8 Å². The monoisotopic (exact) mass is 216 g/mol. The Morgan fingerprint density at radius 2 is 2.07 bits per heavy atom. The summed E-state index contributed by atoms with van der Waals surface area (Å²) in [7, 11) is 0. The first-order chi connectivity index (χ1) is 7.16. The minimum atomic E-state index is -0.0271. The van der Waals surface area contributed by atoms with Crippen LogP contribution in [0, 0.1) is 5.92 Å². The van der Waals surface area contributed by atoms with Gasteiger partial charge in [0.15, 0.2) is 0 Å². The Morgan fingerprint density at radius 1 is 1.33 bits per heavy atom. The first-order valence-corrected chi connectivity index (χ1v) is 5.72. The zero-order valence-electron chi connectivity index (χ0n) is 10.1. The molecule has 0 rings (SSSR count). The first-order valence-electron chi connectivity index (χ1n) is 5.72. The maximum atomic E-state index is 11.1. The van der Waals surface area contributed by atoms with E-state index in [1.807, 2.05) is 6.92 Å². The van der Waals surface area contributed by atoms with Crippen molar-refractivity contribution >= 4 is 5.91 Å². The predicted octanol–water partition coefficient (Wildman–Crippen LogP) is 0.775.